The summed E-state index contributed by atoms with van der Waals surface area (Å²) in [6.45, 7) is 4.83. The molecule has 0 spiro atoms. The molecule has 164 valence electrons. The van der Waals surface area contributed by atoms with Crippen LogP contribution in [0.25, 0.3) is 0 Å². The van der Waals surface area contributed by atoms with Gasteiger partial charge in [0.05, 0.1) is 23.1 Å². The molecule has 7 nitrogen and oxygen atoms in total. The molecule has 1 fully saturated rings. The number of nitrogens with zero attached hydrogens (tertiary/aromatic N) is 2. The van der Waals surface area contributed by atoms with E-state index in [-0.39, 0.29) is 12.3 Å². The number of ether oxygens (including phenoxy) is 1. The van der Waals surface area contributed by atoms with Gasteiger partial charge in [-0.05, 0) is 49.7 Å². The maximum Gasteiger partial charge on any atom is 0.338 e. The minimum Gasteiger partial charge on any atom is -0.462 e. The van der Waals surface area contributed by atoms with Gasteiger partial charge in [0.25, 0.3) is 0 Å². The number of benzene rings is 2. The van der Waals surface area contributed by atoms with Crippen LogP contribution in [0.1, 0.15) is 37.0 Å². The number of esters is 1. The molecule has 0 saturated carbocycles. The van der Waals surface area contributed by atoms with Crippen molar-refractivity contribution in [2.45, 2.75) is 38.2 Å². The van der Waals surface area contributed by atoms with Gasteiger partial charge in [-0.2, -0.15) is 0 Å². The molecule has 1 aliphatic heterocycles. The van der Waals surface area contributed by atoms with Crippen LogP contribution in [0.2, 0.25) is 0 Å². The topological polar surface area (TPSA) is 91.2 Å². The highest BCUT2D eigenvalue weighted by molar-refractivity contribution is 8.15. The molecule has 0 aliphatic carbocycles. The number of carbonyl (C=O) groups excluding carboxylic acids is 2. The smallest absolute Gasteiger partial charge is 0.338 e. The van der Waals surface area contributed by atoms with E-state index in [9.17, 15) is 14.7 Å². The van der Waals surface area contributed by atoms with Crippen molar-refractivity contribution in [2.24, 2.45) is 4.99 Å². The number of aliphatic imine (C=N–C) groups is 1. The Hall–Kier alpha value is -2.84. The maximum absolute atomic E-state index is 13.1. The van der Waals surface area contributed by atoms with Crippen LogP contribution in [-0.2, 0) is 9.53 Å². The minimum absolute atomic E-state index is 0.194. The SMILES string of the molecule is CCCN/C(=N\c1ccccc1)SC1CC(O)N(c2ccc(C(=O)OCC)cc2)C1=O. The van der Waals surface area contributed by atoms with Crippen molar-refractivity contribution in [3.63, 3.8) is 0 Å². The Morgan fingerprint density at radius 1 is 1.19 bits per heavy atom. The number of aliphatic hydroxyl groups is 1. The van der Waals surface area contributed by atoms with Gasteiger partial charge in [-0.3, -0.25) is 9.69 Å². The molecule has 1 amide bonds. The summed E-state index contributed by atoms with van der Waals surface area (Å²) in [5.74, 6) is -0.611. The predicted molar refractivity (Wildman–Crippen MR) is 124 cm³/mol. The molecule has 31 heavy (non-hydrogen) atoms. The number of nitrogens with one attached hydrogen (secondary N) is 1. The summed E-state index contributed by atoms with van der Waals surface area (Å²) in [4.78, 5) is 30.9. The van der Waals surface area contributed by atoms with E-state index in [1.807, 2.05) is 30.3 Å². The highest BCUT2D eigenvalue weighted by atomic mass is 32.2. The Bertz CT molecular complexity index is 918. The zero-order valence-electron chi connectivity index (χ0n) is 17.7. The van der Waals surface area contributed by atoms with Gasteiger partial charge in [0.15, 0.2) is 5.17 Å². The normalized spacial score (nSPS) is 18.9. The van der Waals surface area contributed by atoms with Gasteiger partial charge in [-0.1, -0.05) is 36.9 Å². The van der Waals surface area contributed by atoms with Gasteiger partial charge in [0, 0.05) is 18.7 Å². The van der Waals surface area contributed by atoms with Gasteiger partial charge in [0.2, 0.25) is 5.91 Å². The van der Waals surface area contributed by atoms with E-state index in [1.54, 1.807) is 31.2 Å². The predicted octanol–water partition coefficient (Wildman–Crippen LogP) is 3.71. The second kappa shape index (κ2) is 11.0. The Morgan fingerprint density at radius 3 is 2.55 bits per heavy atom. The maximum atomic E-state index is 13.1. The number of hydrogen-bond donors (Lipinski definition) is 2. The fraction of sp³-hybridized carbons (Fsp3) is 0.348. The highest BCUT2D eigenvalue weighted by Crippen LogP contribution is 2.33. The minimum atomic E-state index is -0.942. The summed E-state index contributed by atoms with van der Waals surface area (Å²) >= 11 is 1.33. The molecule has 1 saturated heterocycles. The van der Waals surface area contributed by atoms with Crippen molar-refractivity contribution in [3.05, 3.63) is 60.2 Å². The molecule has 1 aliphatic rings. The van der Waals surface area contributed by atoms with Crippen molar-refractivity contribution < 1.29 is 19.4 Å². The third-order valence-corrected chi connectivity index (χ3v) is 5.80. The van der Waals surface area contributed by atoms with Crippen molar-refractivity contribution in [1.29, 1.82) is 0 Å². The average molecular weight is 442 g/mol. The Balaban J connectivity index is 1.74. The van der Waals surface area contributed by atoms with Crippen molar-refractivity contribution in [1.82, 2.24) is 5.32 Å². The van der Waals surface area contributed by atoms with Crippen LogP contribution < -0.4 is 10.2 Å². The number of para-hydroxylation sites is 1. The van der Waals surface area contributed by atoms with E-state index < -0.39 is 17.4 Å². The quantitative estimate of drug-likeness (QED) is 0.387. The van der Waals surface area contributed by atoms with Gasteiger partial charge in [-0.25, -0.2) is 9.79 Å². The first-order valence-corrected chi connectivity index (χ1v) is 11.2. The van der Waals surface area contributed by atoms with E-state index in [2.05, 4.69) is 17.2 Å². The molecule has 3 rings (SSSR count). The summed E-state index contributed by atoms with van der Waals surface area (Å²) in [7, 11) is 0. The molecule has 1 heterocycles. The monoisotopic (exact) mass is 441 g/mol. The van der Waals surface area contributed by atoms with Crippen LogP contribution >= 0.6 is 11.8 Å². The molecule has 0 radical (unpaired) electrons. The number of carbonyl (C=O) groups is 2. The van der Waals surface area contributed by atoms with Crippen LogP contribution in [0.15, 0.2) is 59.6 Å². The fourth-order valence-electron chi connectivity index (χ4n) is 3.16. The number of aliphatic hydroxyl groups excluding tert-OH is 1. The number of amidine groups is 1. The first kappa shape index (κ1) is 22.8. The summed E-state index contributed by atoms with van der Waals surface area (Å²) in [5, 5.41) is 14.0. The van der Waals surface area contributed by atoms with Gasteiger partial charge < -0.3 is 15.2 Å². The van der Waals surface area contributed by atoms with E-state index in [1.165, 1.54) is 16.7 Å². The molecule has 2 aromatic rings. The van der Waals surface area contributed by atoms with Crippen molar-refractivity contribution in [2.75, 3.05) is 18.1 Å². The van der Waals surface area contributed by atoms with Crippen LogP contribution in [0, 0.1) is 0 Å². The lowest BCUT2D eigenvalue weighted by atomic mass is 10.2. The lowest BCUT2D eigenvalue weighted by Gasteiger charge is -2.20. The Morgan fingerprint density at radius 2 is 1.90 bits per heavy atom. The molecule has 2 unspecified atom stereocenters. The largest absolute Gasteiger partial charge is 0.462 e. The zero-order chi connectivity index (χ0) is 22.2. The highest BCUT2D eigenvalue weighted by Gasteiger charge is 2.40. The van der Waals surface area contributed by atoms with Gasteiger partial charge >= 0.3 is 5.97 Å². The lowest BCUT2D eigenvalue weighted by molar-refractivity contribution is -0.117. The van der Waals surface area contributed by atoms with Crippen LogP contribution in [-0.4, -0.2) is 46.8 Å². The van der Waals surface area contributed by atoms with Crippen molar-refractivity contribution in [3.8, 4) is 0 Å². The summed E-state index contributed by atoms with van der Waals surface area (Å²) in [6, 6.07) is 16.0. The number of rotatable bonds is 7. The summed E-state index contributed by atoms with van der Waals surface area (Å²) in [6.07, 6.45) is 0.266. The average Bonchev–Trinajstić information content (AvgIpc) is 3.05. The number of thioether (sulfide) groups is 1. The second-order valence-electron chi connectivity index (χ2n) is 6.98. The lowest BCUT2D eigenvalue weighted by Crippen LogP contribution is -2.34. The van der Waals surface area contributed by atoms with E-state index in [0.717, 1.165) is 18.7 Å². The summed E-state index contributed by atoms with van der Waals surface area (Å²) in [5.41, 5.74) is 1.74. The number of anilines is 1. The molecule has 2 atom stereocenters. The Labute approximate surface area is 186 Å². The van der Waals surface area contributed by atoms with Gasteiger partial charge in [0.1, 0.15) is 6.23 Å². The van der Waals surface area contributed by atoms with Gasteiger partial charge in [-0.15, -0.1) is 0 Å². The molecule has 2 aromatic carbocycles. The van der Waals surface area contributed by atoms with Crippen LogP contribution in [0.5, 0.6) is 0 Å². The first-order valence-electron chi connectivity index (χ1n) is 10.4. The molecular weight excluding hydrogens is 414 g/mol. The third kappa shape index (κ3) is 5.86. The third-order valence-electron chi connectivity index (χ3n) is 4.66. The molecular formula is C23H27N3O4S. The molecule has 0 bridgehead atoms. The zero-order valence-corrected chi connectivity index (χ0v) is 18.5. The van der Waals surface area contributed by atoms with Crippen LogP contribution in [0.3, 0.4) is 0 Å². The molecule has 8 heteroatoms. The Kier molecular flexibility index (Phi) is 8.08. The van der Waals surface area contributed by atoms with E-state index in [4.69, 9.17) is 4.74 Å². The number of hydrogen-bond acceptors (Lipinski definition) is 6. The number of amides is 1. The van der Waals surface area contributed by atoms with Crippen LogP contribution in [0.4, 0.5) is 11.4 Å². The second-order valence-corrected chi connectivity index (χ2v) is 8.17. The summed E-state index contributed by atoms with van der Waals surface area (Å²) < 4.78 is 4.99. The van der Waals surface area contributed by atoms with Crippen molar-refractivity contribution >= 4 is 40.2 Å². The van der Waals surface area contributed by atoms with E-state index >= 15 is 0 Å². The first-order chi connectivity index (χ1) is 15.0. The molecule has 2 N–H and O–H groups in total. The van der Waals surface area contributed by atoms with E-state index in [0.29, 0.717) is 23.0 Å². The fourth-order valence-corrected chi connectivity index (χ4v) is 4.26. The standard InChI is InChI=1S/C23H27N3O4S/c1-3-14-24-23(25-17-8-6-5-7-9-17)31-19-15-20(27)26(21(19)28)18-12-10-16(11-13-18)22(29)30-4-2/h5-13,19-20,27H,3-4,14-15H2,1-2H3,(H,24,25). The molecule has 0 aromatic heterocycles.